The van der Waals surface area contributed by atoms with E-state index in [1.165, 1.54) is 6.21 Å². The molecule has 2 fully saturated rings. The molecule has 1 unspecified atom stereocenters. The first kappa shape index (κ1) is 19.3. The maximum atomic E-state index is 12.5. The Labute approximate surface area is 154 Å². The Balaban J connectivity index is 1.42. The second-order valence-electron chi connectivity index (χ2n) is 6.58. The van der Waals surface area contributed by atoms with Gasteiger partial charge in [0.15, 0.2) is 6.61 Å². The summed E-state index contributed by atoms with van der Waals surface area (Å²) in [4.78, 5) is 28.0. The summed E-state index contributed by atoms with van der Waals surface area (Å²) in [7, 11) is 0. The predicted molar refractivity (Wildman–Crippen MR) is 91.0 cm³/mol. The maximum Gasteiger partial charge on any atom is 0.419 e. The van der Waals surface area contributed by atoms with Gasteiger partial charge in [-0.25, -0.2) is 9.97 Å². The Kier molecular flexibility index (Phi) is 5.78. The zero-order valence-electron chi connectivity index (χ0n) is 14.6. The maximum absolute atomic E-state index is 12.5. The van der Waals surface area contributed by atoms with E-state index in [1.807, 2.05) is 0 Å². The lowest BCUT2D eigenvalue weighted by molar-refractivity contribution is -0.138. The van der Waals surface area contributed by atoms with Crippen LogP contribution < -0.4 is 10.6 Å². The fourth-order valence-electron chi connectivity index (χ4n) is 2.69. The van der Waals surface area contributed by atoms with Crippen LogP contribution in [0.5, 0.6) is 0 Å². The predicted octanol–water partition coefficient (Wildman–Crippen LogP) is 0.884. The first-order valence-electron chi connectivity index (χ1n) is 8.67. The summed E-state index contributed by atoms with van der Waals surface area (Å²) in [6.07, 6.45) is 0.772. The van der Waals surface area contributed by atoms with E-state index in [-0.39, 0.29) is 24.5 Å². The standard InChI is InChI=1S/C16H21F3N6O2/c17-16(18,19)12-7-21-15(22-8-12)25-5-3-24(4-6-25)14(26)10-27-23-9-13(20)11-1-2-11/h7-9,11,13H,1-6,10,20H2/b23-9+. The number of hydrogen-bond donors (Lipinski definition) is 1. The molecule has 2 aliphatic rings. The topological polar surface area (TPSA) is 96.9 Å². The van der Waals surface area contributed by atoms with Crippen molar-refractivity contribution in [1.29, 1.82) is 0 Å². The minimum Gasteiger partial charge on any atom is -0.386 e. The second-order valence-corrected chi connectivity index (χ2v) is 6.58. The van der Waals surface area contributed by atoms with Crippen LogP contribution in [-0.4, -0.2) is 65.8 Å². The first-order valence-corrected chi connectivity index (χ1v) is 8.67. The largest absolute Gasteiger partial charge is 0.419 e. The number of piperazine rings is 1. The van der Waals surface area contributed by atoms with Gasteiger partial charge in [0.2, 0.25) is 5.95 Å². The number of hydrogen-bond acceptors (Lipinski definition) is 7. The minimum atomic E-state index is -4.46. The highest BCUT2D eigenvalue weighted by Crippen LogP contribution is 2.30. The summed E-state index contributed by atoms with van der Waals surface area (Å²) in [5, 5.41) is 3.74. The van der Waals surface area contributed by atoms with Crippen molar-refractivity contribution < 1.29 is 22.8 Å². The van der Waals surface area contributed by atoms with Gasteiger partial charge in [0.25, 0.3) is 5.91 Å². The van der Waals surface area contributed by atoms with Crippen LogP contribution in [0.3, 0.4) is 0 Å². The molecule has 0 bridgehead atoms. The number of aromatic nitrogens is 2. The summed E-state index contributed by atoms with van der Waals surface area (Å²) >= 11 is 0. The van der Waals surface area contributed by atoms with Crippen molar-refractivity contribution in [3.8, 4) is 0 Å². The van der Waals surface area contributed by atoms with E-state index in [0.29, 0.717) is 32.1 Å². The zero-order chi connectivity index (χ0) is 19.4. The Bertz CT molecular complexity index is 670. The van der Waals surface area contributed by atoms with Crippen LogP contribution >= 0.6 is 0 Å². The van der Waals surface area contributed by atoms with E-state index in [4.69, 9.17) is 10.6 Å². The summed E-state index contributed by atoms with van der Waals surface area (Å²) in [5.74, 6) is 0.471. The molecule has 2 N–H and O–H groups in total. The molecule has 27 heavy (non-hydrogen) atoms. The number of alkyl halides is 3. The third-order valence-corrected chi connectivity index (χ3v) is 4.54. The number of anilines is 1. The summed E-state index contributed by atoms with van der Waals surface area (Å²) in [6, 6.07) is -0.132. The van der Waals surface area contributed by atoms with Crippen LogP contribution in [0.4, 0.5) is 19.1 Å². The van der Waals surface area contributed by atoms with Crippen LogP contribution in [0.15, 0.2) is 17.5 Å². The van der Waals surface area contributed by atoms with Crippen molar-refractivity contribution in [3.05, 3.63) is 18.0 Å². The van der Waals surface area contributed by atoms with E-state index in [9.17, 15) is 18.0 Å². The molecule has 1 aliphatic carbocycles. The van der Waals surface area contributed by atoms with Gasteiger partial charge >= 0.3 is 6.18 Å². The van der Waals surface area contributed by atoms with Crippen molar-refractivity contribution in [3.63, 3.8) is 0 Å². The van der Waals surface area contributed by atoms with Crippen LogP contribution in [0, 0.1) is 5.92 Å². The number of amides is 1. The fraction of sp³-hybridized carbons (Fsp3) is 0.625. The number of rotatable bonds is 6. The Hall–Kier alpha value is -2.43. The van der Waals surface area contributed by atoms with Gasteiger partial charge in [0, 0.05) is 44.6 Å². The van der Waals surface area contributed by atoms with E-state index in [1.54, 1.807) is 9.80 Å². The monoisotopic (exact) mass is 386 g/mol. The number of nitrogens with zero attached hydrogens (tertiary/aromatic N) is 5. The molecule has 1 aromatic heterocycles. The Morgan fingerprint density at radius 1 is 1.30 bits per heavy atom. The lowest BCUT2D eigenvalue weighted by Crippen LogP contribution is -2.50. The van der Waals surface area contributed by atoms with Crippen molar-refractivity contribution >= 4 is 18.1 Å². The van der Waals surface area contributed by atoms with Crippen molar-refractivity contribution in [2.75, 3.05) is 37.7 Å². The van der Waals surface area contributed by atoms with Gasteiger partial charge in [-0.15, -0.1) is 0 Å². The molecule has 0 aromatic carbocycles. The number of oxime groups is 1. The van der Waals surface area contributed by atoms with Crippen LogP contribution in [0.2, 0.25) is 0 Å². The molecule has 0 spiro atoms. The normalized spacial score (nSPS) is 19.4. The molecule has 148 valence electrons. The average Bonchev–Trinajstić information content (AvgIpc) is 3.50. The smallest absolute Gasteiger partial charge is 0.386 e. The molecule has 1 atom stereocenters. The SMILES string of the molecule is NC(/C=N/OCC(=O)N1CCN(c2ncc(C(F)(F)F)cn2)CC1)C1CC1. The summed E-state index contributed by atoms with van der Waals surface area (Å²) < 4.78 is 37.6. The number of halogens is 3. The first-order chi connectivity index (χ1) is 12.8. The van der Waals surface area contributed by atoms with E-state index in [0.717, 1.165) is 25.2 Å². The van der Waals surface area contributed by atoms with Gasteiger partial charge in [-0.3, -0.25) is 4.79 Å². The van der Waals surface area contributed by atoms with Gasteiger partial charge in [-0.2, -0.15) is 13.2 Å². The number of carbonyl (C=O) groups excluding carboxylic acids is 1. The van der Waals surface area contributed by atoms with Crippen molar-refractivity contribution in [1.82, 2.24) is 14.9 Å². The van der Waals surface area contributed by atoms with Gasteiger partial charge in [0.1, 0.15) is 0 Å². The molecule has 3 rings (SSSR count). The van der Waals surface area contributed by atoms with Crippen LogP contribution in [0.25, 0.3) is 0 Å². The second kappa shape index (κ2) is 8.07. The minimum absolute atomic E-state index is 0.132. The van der Waals surface area contributed by atoms with E-state index >= 15 is 0 Å². The molecule has 1 amide bonds. The van der Waals surface area contributed by atoms with Gasteiger partial charge in [-0.1, -0.05) is 5.16 Å². The summed E-state index contributed by atoms with van der Waals surface area (Å²) in [6.45, 7) is 1.47. The fourth-order valence-corrected chi connectivity index (χ4v) is 2.69. The molecule has 11 heteroatoms. The highest BCUT2D eigenvalue weighted by molar-refractivity contribution is 5.77. The number of nitrogens with two attached hydrogens (primary N) is 1. The third kappa shape index (κ3) is 5.28. The van der Waals surface area contributed by atoms with Gasteiger partial charge in [0.05, 0.1) is 11.8 Å². The molecular formula is C16H21F3N6O2. The molecular weight excluding hydrogens is 365 g/mol. The van der Waals surface area contributed by atoms with E-state index in [2.05, 4.69) is 15.1 Å². The lowest BCUT2D eigenvalue weighted by atomic mass is 10.2. The van der Waals surface area contributed by atoms with Crippen LogP contribution in [-0.2, 0) is 15.8 Å². The highest BCUT2D eigenvalue weighted by atomic mass is 19.4. The number of carbonyl (C=O) groups is 1. The highest BCUT2D eigenvalue weighted by Gasteiger charge is 2.32. The Morgan fingerprint density at radius 3 is 2.48 bits per heavy atom. The molecule has 0 radical (unpaired) electrons. The van der Waals surface area contributed by atoms with Crippen LogP contribution in [0.1, 0.15) is 18.4 Å². The molecule has 1 saturated heterocycles. The Morgan fingerprint density at radius 2 is 1.93 bits per heavy atom. The third-order valence-electron chi connectivity index (χ3n) is 4.54. The van der Waals surface area contributed by atoms with Gasteiger partial charge < -0.3 is 20.4 Å². The zero-order valence-corrected chi connectivity index (χ0v) is 14.6. The molecule has 8 nitrogen and oxygen atoms in total. The van der Waals surface area contributed by atoms with Gasteiger partial charge in [-0.05, 0) is 18.8 Å². The van der Waals surface area contributed by atoms with E-state index < -0.39 is 11.7 Å². The lowest BCUT2D eigenvalue weighted by Gasteiger charge is -2.34. The average molecular weight is 386 g/mol. The summed E-state index contributed by atoms with van der Waals surface area (Å²) in [5.41, 5.74) is 4.95. The molecule has 1 aliphatic heterocycles. The molecule has 1 aromatic rings. The molecule has 1 saturated carbocycles. The molecule has 2 heterocycles. The van der Waals surface area contributed by atoms with Crippen molar-refractivity contribution in [2.45, 2.75) is 25.1 Å². The quantitative estimate of drug-likeness (QED) is 0.576. The van der Waals surface area contributed by atoms with Crippen molar-refractivity contribution in [2.24, 2.45) is 16.8 Å².